The third-order valence-corrected chi connectivity index (χ3v) is 9.44. The Balaban J connectivity index is 1.47. The van der Waals surface area contributed by atoms with E-state index in [2.05, 4.69) is 28.6 Å². The van der Waals surface area contributed by atoms with Crippen molar-refractivity contribution in [1.29, 1.82) is 0 Å². The van der Waals surface area contributed by atoms with Crippen molar-refractivity contribution in [2.45, 2.75) is 70.6 Å². The standard InChI is InChI=1S/C28H28N6O2/c1-26(2)21-10-9-17-23(28(21,4)13-19(30-6)24(26)36)31-32-25(17)34-14-15-7-8-16-11-20(35)18(29-5)12-27(16,3)22(15)33-34/h12-14,16,21H,7-11H2,1-4H3,(H,31,32)/t16-,21-,27-,28-/m0/s1. The quantitative estimate of drug-likeness (QED) is 0.612. The fourth-order valence-corrected chi connectivity index (χ4v) is 7.46. The molecular weight excluding hydrogens is 452 g/mol. The fourth-order valence-electron chi connectivity index (χ4n) is 7.46. The summed E-state index contributed by atoms with van der Waals surface area (Å²) in [7, 11) is 0. The molecule has 4 atom stereocenters. The van der Waals surface area contributed by atoms with Crippen LogP contribution in [0.4, 0.5) is 0 Å². The van der Waals surface area contributed by atoms with Crippen LogP contribution in [0.25, 0.3) is 15.5 Å². The van der Waals surface area contributed by atoms with E-state index < -0.39 is 16.2 Å². The van der Waals surface area contributed by atoms with Crippen LogP contribution in [-0.2, 0) is 33.3 Å². The van der Waals surface area contributed by atoms with Gasteiger partial charge in [0.05, 0.1) is 18.8 Å². The summed E-state index contributed by atoms with van der Waals surface area (Å²) < 4.78 is 1.84. The lowest BCUT2D eigenvalue weighted by Crippen LogP contribution is -2.50. The number of carbonyl (C=O) groups is 2. The lowest BCUT2D eigenvalue weighted by atomic mass is 9.53. The first-order valence-electron chi connectivity index (χ1n) is 12.5. The van der Waals surface area contributed by atoms with Crippen molar-refractivity contribution in [1.82, 2.24) is 20.0 Å². The Bertz CT molecular complexity index is 1500. The van der Waals surface area contributed by atoms with Crippen molar-refractivity contribution in [3.8, 4) is 5.82 Å². The lowest BCUT2D eigenvalue weighted by molar-refractivity contribution is -0.128. The summed E-state index contributed by atoms with van der Waals surface area (Å²) in [5.74, 6) is 0.793. The van der Waals surface area contributed by atoms with Gasteiger partial charge in [-0.15, -0.1) is 0 Å². The van der Waals surface area contributed by atoms with Gasteiger partial charge in [-0.25, -0.2) is 14.4 Å². The Labute approximate surface area is 210 Å². The van der Waals surface area contributed by atoms with Gasteiger partial charge in [-0.1, -0.05) is 39.8 Å². The van der Waals surface area contributed by atoms with E-state index in [4.69, 9.17) is 23.3 Å². The van der Waals surface area contributed by atoms with Crippen molar-refractivity contribution in [2.75, 3.05) is 0 Å². The molecule has 4 aliphatic carbocycles. The summed E-state index contributed by atoms with van der Waals surface area (Å²) in [4.78, 5) is 32.4. The van der Waals surface area contributed by atoms with E-state index >= 15 is 0 Å². The molecule has 6 rings (SSSR count). The maximum absolute atomic E-state index is 13.0. The maximum atomic E-state index is 13.0. The molecule has 2 aromatic rings. The zero-order valence-electron chi connectivity index (χ0n) is 21.0. The molecule has 182 valence electrons. The van der Waals surface area contributed by atoms with Crippen LogP contribution in [0.2, 0.25) is 0 Å². The predicted octanol–water partition coefficient (Wildman–Crippen LogP) is 4.42. The largest absolute Gasteiger partial charge is 0.308 e. The van der Waals surface area contributed by atoms with E-state index in [1.807, 2.05) is 36.9 Å². The van der Waals surface area contributed by atoms with Crippen LogP contribution >= 0.6 is 0 Å². The molecule has 0 bridgehead atoms. The monoisotopic (exact) mass is 480 g/mol. The highest BCUT2D eigenvalue weighted by atomic mass is 16.1. The third kappa shape index (κ3) is 2.73. The molecule has 0 unspecified atom stereocenters. The minimum absolute atomic E-state index is 0.0613. The van der Waals surface area contributed by atoms with Crippen molar-refractivity contribution in [2.24, 2.45) is 17.3 Å². The van der Waals surface area contributed by atoms with E-state index in [1.54, 1.807) is 0 Å². The predicted molar refractivity (Wildman–Crippen MR) is 132 cm³/mol. The van der Waals surface area contributed by atoms with Crippen molar-refractivity contribution in [3.63, 3.8) is 0 Å². The molecule has 0 amide bonds. The SMILES string of the molecule is [C-]#[N+]C1=C[C@]2(C)c3nn(-c4n[nH]c5c4CC[C@H]4C(C)(C)C(=O)C([N+]#[C-])=C[C@]54C)cc3CC[C@H]2CC1=O. The van der Waals surface area contributed by atoms with E-state index in [0.29, 0.717) is 6.42 Å². The lowest BCUT2D eigenvalue weighted by Gasteiger charge is -2.49. The van der Waals surface area contributed by atoms with Crippen molar-refractivity contribution < 1.29 is 9.59 Å². The number of Topliss-reactive ketones (excluding diaryl/α,β-unsaturated/α-hetero) is 2. The zero-order chi connectivity index (χ0) is 25.6. The number of hydrogen-bond acceptors (Lipinski definition) is 4. The number of hydrogen-bond donors (Lipinski definition) is 1. The summed E-state index contributed by atoms with van der Waals surface area (Å²) in [5, 5.41) is 13.0. The highest BCUT2D eigenvalue weighted by Crippen LogP contribution is 2.55. The van der Waals surface area contributed by atoms with Gasteiger partial charge in [-0.2, -0.15) is 10.2 Å². The smallest absolute Gasteiger partial charge is 0.226 e. The third-order valence-electron chi connectivity index (χ3n) is 9.44. The van der Waals surface area contributed by atoms with Gasteiger partial charge in [-0.3, -0.25) is 5.10 Å². The molecule has 36 heavy (non-hydrogen) atoms. The second-order valence-corrected chi connectivity index (χ2v) is 11.7. The Morgan fingerprint density at radius 2 is 1.75 bits per heavy atom. The zero-order valence-corrected chi connectivity index (χ0v) is 21.0. The first-order valence-corrected chi connectivity index (χ1v) is 12.5. The van der Waals surface area contributed by atoms with Crippen LogP contribution in [0.5, 0.6) is 0 Å². The van der Waals surface area contributed by atoms with Crippen LogP contribution in [-0.4, -0.2) is 31.5 Å². The molecule has 8 nitrogen and oxygen atoms in total. The van der Waals surface area contributed by atoms with Gasteiger partial charge < -0.3 is 9.59 Å². The molecule has 0 saturated heterocycles. The number of H-pyrrole nitrogens is 1. The number of carbonyl (C=O) groups excluding carboxylic acids is 2. The second-order valence-electron chi connectivity index (χ2n) is 11.7. The molecule has 0 spiro atoms. The first-order chi connectivity index (χ1) is 17.0. The number of rotatable bonds is 1. The highest BCUT2D eigenvalue weighted by molar-refractivity contribution is 6.02. The second kappa shape index (κ2) is 7.13. The average molecular weight is 481 g/mol. The molecule has 0 fully saturated rings. The molecule has 2 heterocycles. The summed E-state index contributed by atoms with van der Waals surface area (Å²) in [6, 6.07) is 0. The molecular formula is C28H28N6O2. The number of nitrogens with one attached hydrogen (secondary N) is 1. The van der Waals surface area contributed by atoms with Crippen LogP contribution in [0, 0.1) is 30.4 Å². The average Bonchev–Trinajstić information content (AvgIpc) is 3.47. The van der Waals surface area contributed by atoms with E-state index in [9.17, 15) is 9.59 Å². The molecule has 0 aliphatic heterocycles. The minimum atomic E-state index is -0.633. The van der Waals surface area contributed by atoms with Gasteiger partial charge in [-0.05, 0) is 43.1 Å². The maximum Gasteiger partial charge on any atom is 0.226 e. The van der Waals surface area contributed by atoms with Gasteiger partial charge in [0.25, 0.3) is 0 Å². The number of ketones is 2. The summed E-state index contributed by atoms with van der Waals surface area (Å²) >= 11 is 0. The van der Waals surface area contributed by atoms with Crippen LogP contribution in [0.3, 0.4) is 0 Å². The number of aromatic amines is 1. The molecule has 1 N–H and O–H groups in total. The van der Waals surface area contributed by atoms with Crippen LogP contribution in [0.15, 0.2) is 29.7 Å². The van der Waals surface area contributed by atoms with Crippen LogP contribution < -0.4 is 0 Å². The van der Waals surface area contributed by atoms with Gasteiger partial charge in [0.15, 0.2) is 17.4 Å². The Kier molecular flexibility index (Phi) is 4.49. The molecule has 0 aromatic carbocycles. The molecule has 2 aromatic heterocycles. The molecule has 0 radical (unpaired) electrons. The van der Waals surface area contributed by atoms with E-state index in [-0.39, 0.29) is 34.8 Å². The Hall–Kier alpha value is -3.78. The fraction of sp³-hybridized carbons (Fsp3) is 0.500. The summed E-state index contributed by atoms with van der Waals surface area (Å²) in [6.07, 6.45) is 9.40. The van der Waals surface area contributed by atoms with Gasteiger partial charge >= 0.3 is 0 Å². The van der Waals surface area contributed by atoms with E-state index in [0.717, 1.165) is 54.0 Å². The van der Waals surface area contributed by atoms with Crippen LogP contribution in [0.1, 0.15) is 69.5 Å². The Morgan fingerprint density at radius 1 is 1.03 bits per heavy atom. The number of allylic oxidation sites excluding steroid dienone is 4. The highest BCUT2D eigenvalue weighted by Gasteiger charge is 2.55. The number of fused-ring (bicyclic) bond motifs is 6. The van der Waals surface area contributed by atoms with E-state index in [1.165, 1.54) is 0 Å². The summed E-state index contributed by atoms with van der Waals surface area (Å²) in [6.45, 7) is 23.1. The molecule has 0 saturated carbocycles. The van der Waals surface area contributed by atoms with Gasteiger partial charge in [0, 0.05) is 40.1 Å². The van der Waals surface area contributed by atoms with Crippen molar-refractivity contribution >= 4 is 11.6 Å². The van der Waals surface area contributed by atoms with Gasteiger partial charge in [0.1, 0.15) is 0 Å². The molecule has 4 aliphatic rings. The topological polar surface area (TPSA) is 89.4 Å². The number of aromatic nitrogens is 4. The number of aryl methyl sites for hydroxylation is 1. The minimum Gasteiger partial charge on any atom is -0.308 e. The number of nitrogens with zero attached hydrogens (tertiary/aromatic N) is 5. The Morgan fingerprint density at radius 3 is 2.47 bits per heavy atom. The summed E-state index contributed by atoms with van der Waals surface area (Å²) in [5.41, 5.74) is 2.88. The molecule has 8 heteroatoms. The normalized spacial score (nSPS) is 32.2. The van der Waals surface area contributed by atoms with Gasteiger partial charge in [0.2, 0.25) is 11.4 Å². The van der Waals surface area contributed by atoms with Crippen molar-refractivity contribution in [3.05, 3.63) is 75.1 Å². The first kappa shape index (κ1) is 22.7.